The number of benzene rings is 3. The van der Waals surface area contributed by atoms with Gasteiger partial charge in [0.1, 0.15) is 11.6 Å². The van der Waals surface area contributed by atoms with E-state index >= 15 is 0 Å². The van der Waals surface area contributed by atoms with Crippen molar-refractivity contribution >= 4 is 51.6 Å². The molecule has 0 bridgehead atoms. The van der Waals surface area contributed by atoms with E-state index in [0.29, 0.717) is 45.6 Å². The van der Waals surface area contributed by atoms with Crippen molar-refractivity contribution in [3.05, 3.63) is 75.0 Å². The number of amides is 2. The van der Waals surface area contributed by atoms with Gasteiger partial charge >= 0.3 is 6.03 Å². The number of hydrogen-bond acceptors (Lipinski definition) is 3. The van der Waals surface area contributed by atoms with Gasteiger partial charge in [0.2, 0.25) is 0 Å². The van der Waals surface area contributed by atoms with E-state index in [1.54, 1.807) is 17.0 Å². The summed E-state index contributed by atoms with van der Waals surface area (Å²) in [4.78, 5) is 22.6. The van der Waals surface area contributed by atoms with Gasteiger partial charge in [0.05, 0.1) is 22.8 Å². The fourth-order valence-corrected chi connectivity index (χ4v) is 5.10. The quantitative estimate of drug-likeness (QED) is 0.343. The van der Waals surface area contributed by atoms with Gasteiger partial charge in [0.15, 0.2) is 0 Å². The number of imidazole rings is 1. The number of aromatic nitrogens is 2. The molecule has 3 aromatic carbocycles. The standard InChI is InChI=1S/C23H16Cl2FN5O/c24-10-1-4-17-18(7-10)29-22(28-17)14-9-16(27)12-5-6-31-21(12)19(14)20(30-23(31)32)13-8-11(26)2-3-15(13)25/h1-4,7-9,20H,5-6,27H2,(H,28,29)(H,30,32). The third-order valence-electron chi connectivity index (χ3n) is 6.10. The molecule has 160 valence electrons. The second-order valence-electron chi connectivity index (χ2n) is 7.95. The summed E-state index contributed by atoms with van der Waals surface area (Å²) >= 11 is 12.6. The number of hydrogen-bond donors (Lipinski definition) is 3. The van der Waals surface area contributed by atoms with Crippen LogP contribution in [0.25, 0.3) is 22.4 Å². The average molecular weight is 468 g/mol. The molecule has 2 amide bonds. The fraction of sp³-hybridized carbons (Fsp3) is 0.130. The molecule has 1 atom stereocenters. The summed E-state index contributed by atoms with van der Waals surface area (Å²) in [5.41, 5.74) is 12.1. The van der Waals surface area contributed by atoms with E-state index in [4.69, 9.17) is 33.9 Å². The number of H-pyrrole nitrogens is 1. The van der Waals surface area contributed by atoms with E-state index in [0.717, 1.165) is 27.8 Å². The summed E-state index contributed by atoms with van der Waals surface area (Å²) in [7, 11) is 0. The molecule has 0 radical (unpaired) electrons. The summed E-state index contributed by atoms with van der Waals surface area (Å²) in [5.74, 6) is 0.139. The Morgan fingerprint density at radius 3 is 2.84 bits per heavy atom. The first-order chi connectivity index (χ1) is 15.4. The summed E-state index contributed by atoms with van der Waals surface area (Å²) in [6.07, 6.45) is 0.640. The topological polar surface area (TPSA) is 87.0 Å². The predicted octanol–water partition coefficient (Wildman–Crippen LogP) is 5.43. The number of rotatable bonds is 2. The molecule has 0 saturated heterocycles. The lowest BCUT2D eigenvalue weighted by molar-refractivity contribution is 0.243. The Hall–Kier alpha value is -3.29. The van der Waals surface area contributed by atoms with Crippen LogP contribution in [0.15, 0.2) is 42.5 Å². The monoisotopic (exact) mass is 467 g/mol. The summed E-state index contributed by atoms with van der Waals surface area (Å²) in [5, 5.41) is 3.94. The Kier molecular flexibility index (Phi) is 4.15. The molecule has 2 aliphatic heterocycles. The van der Waals surface area contributed by atoms with Gasteiger partial charge < -0.3 is 16.0 Å². The van der Waals surface area contributed by atoms with E-state index in [1.807, 2.05) is 12.1 Å². The smallest absolute Gasteiger partial charge is 0.322 e. The van der Waals surface area contributed by atoms with E-state index in [9.17, 15) is 9.18 Å². The highest BCUT2D eigenvalue weighted by atomic mass is 35.5. The molecule has 0 saturated carbocycles. The van der Waals surface area contributed by atoms with Crippen LogP contribution >= 0.6 is 23.2 Å². The molecule has 4 aromatic rings. The van der Waals surface area contributed by atoms with Crippen molar-refractivity contribution in [2.45, 2.75) is 12.5 Å². The number of nitrogens with two attached hydrogens (primary N) is 1. The summed E-state index contributed by atoms with van der Waals surface area (Å²) in [6, 6.07) is 10.4. The number of carbonyl (C=O) groups excluding carboxylic acids is 1. The normalized spacial score (nSPS) is 17.0. The van der Waals surface area contributed by atoms with Crippen molar-refractivity contribution in [1.82, 2.24) is 15.3 Å². The van der Waals surface area contributed by atoms with Gasteiger partial charge in [0, 0.05) is 44.5 Å². The fourth-order valence-electron chi connectivity index (χ4n) is 4.70. The van der Waals surface area contributed by atoms with Crippen LogP contribution in [-0.4, -0.2) is 22.5 Å². The first kappa shape index (κ1) is 19.4. The Labute approximate surface area is 192 Å². The molecule has 6 nitrogen and oxygen atoms in total. The Balaban J connectivity index is 1.66. The number of carbonyl (C=O) groups is 1. The van der Waals surface area contributed by atoms with Crippen LogP contribution in [0.5, 0.6) is 0 Å². The number of nitrogens with zero attached hydrogens (tertiary/aromatic N) is 2. The molecule has 0 fully saturated rings. The van der Waals surface area contributed by atoms with E-state index < -0.39 is 11.9 Å². The molecular formula is C23H16Cl2FN5O. The van der Waals surface area contributed by atoms with Crippen molar-refractivity contribution in [1.29, 1.82) is 0 Å². The maximum absolute atomic E-state index is 14.2. The minimum absolute atomic E-state index is 0.269. The lowest BCUT2D eigenvalue weighted by Crippen LogP contribution is -2.46. The average Bonchev–Trinajstić information content (AvgIpc) is 3.39. The highest BCUT2D eigenvalue weighted by molar-refractivity contribution is 6.31. The van der Waals surface area contributed by atoms with E-state index in [-0.39, 0.29) is 6.03 Å². The maximum atomic E-state index is 14.2. The van der Waals surface area contributed by atoms with Crippen LogP contribution in [0.2, 0.25) is 10.0 Å². The maximum Gasteiger partial charge on any atom is 0.322 e. The lowest BCUT2D eigenvalue weighted by atomic mass is 9.88. The van der Waals surface area contributed by atoms with Crippen LogP contribution in [0, 0.1) is 5.82 Å². The van der Waals surface area contributed by atoms with E-state index in [2.05, 4.69) is 10.3 Å². The molecule has 3 heterocycles. The van der Waals surface area contributed by atoms with Gasteiger partial charge in [-0.2, -0.15) is 0 Å². The molecule has 1 unspecified atom stereocenters. The molecule has 9 heteroatoms. The zero-order valence-electron chi connectivity index (χ0n) is 16.5. The highest BCUT2D eigenvalue weighted by Gasteiger charge is 2.40. The molecule has 0 aliphatic carbocycles. The lowest BCUT2D eigenvalue weighted by Gasteiger charge is -2.35. The van der Waals surface area contributed by atoms with Crippen molar-refractivity contribution in [3.8, 4) is 11.4 Å². The Morgan fingerprint density at radius 2 is 2.00 bits per heavy atom. The second kappa shape index (κ2) is 6.85. The van der Waals surface area contributed by atoms with Crippen LogP contribution in [-0.2, 0) is 6.42 Å². The third kappa shape index (κ3) is 2.78. The van der Waals surface area contributed by atoms with Crippen LogP contribution in [0.1, 0.15) is 22.7 Å². The van der Waals surface area contributed by atoms with Gasteiger partial charge in [-0.05, 0) is 48.9 Å². The van der Waals surface area contributed by atoms with Crippen molar-refractivity contribution in [2.75, 3.05) is 17.2 Å². The number of nitrogens with one attached hydrogen (secondary N) is 2. The Morgan fingerprint density at radius 1 is 1.16 bits per heavy atom. The number of urea groups is 1. The number of aromatic amines is 1. The first-order valence-corrected chi connectivity index (χ1v) is 10.8. The number of halogens is 3. The zero-order valence-corrected chi connectivity index (χ0v) is 18.1. The summed E-state index contributed by atoms with van der Waals surface area (Å²) < 4.78 is 14.2. The van der Waals surface area contributed by atoms with Crippen molar-refractivity contribution < 1.29 is 9.18 Å². The molecule has 32 heavy (non-hydrogen) atoms. The van der Waals surface area contributed by atoms with E-state index in [1.165, 1.54) is 18.2 Å². The molecule has 1 aromatic heterocycles. The van der Waals surface area contributed by atoms with Crippen LogP contribution < -0.4 is 16.0 Å². The molecule has 0 spiro atoms. The van der Waals surface area contributed by atoms with Crippen LogP contribution in [0.4, 0.5) is 20.6 Å². The minimum Gasteiger partial charge on any atom is -0.398 e. The van der Waals surface area contributed by atoms with Gasteiger partial charge in [-0.3, -0.25) is 4.90 Å². The second-order valence-corrected chi connectivity index (χ2v) is 8.79. The first-order valence-electron chi connectivity index (χ1n) is 10.0. The number of nitrogen functional groups attached to an aromatic ring is 1. The van der Waals surface area contributed by atoms with Crippen molar-refractivity contribution in [2.24, 2.45) is 0 Å². The number of fused-ring (bicyclic) bond motifs is 1. The third-order valence-corrected chi connectivity index (χ3v) is 6.68. The summed E-state index contributed by atoms with van der Waals surface area (Å²) in [6.45, 7) is 0.515. The van der Waals surface area contributed by atoms with Gasteiger partial charge in [-0.15, -0.1) is 0 Å². The largest absolute Gasteiger partial charge is 0.398 e. The minimum atomic E-state index is -0.666. The van der Waals surface area contributed by atoms with Crippen LogP contribution in [0.3, 0.4) is 0 Å². The molecular weight excluding hydrogens is 452 g/mol. The Bertz CT molecular complexity index is 1450. The highest BCUT2D eigenvalue weighted by Crippen LogP contribution is 2.49. The number of anilines is 2. The molecule has 6 rings (SSSR count). The predicted molar refractivity (Wildman–Crippen MR) is 124 cm³/mol. The molecule has 2 aliphatic rings. The van der Waals surface area contributed by atoms with Crippen molar-refractivity contribution in [3.63, 3.8) is 0 Å². The zero-order chi connectivity index (χ0) is 22.1. The van der Waals surface area contributed by atoms with Gasteiger partial charge in [-0.1, -0.05) is 23.2 Å². The molecule has 4 N–H and O–H groups in total. The van der Waals surface area contributed by atoms with Gasteiger partial charge in [-0.25, -0.2) is 14.2 Å². The SMILES string of the molecule is Nc1cc(-c2nc3ccc(Cl)cc3[nH]2)c2c3c1CCN3C(=O)NC2c1cc(F)ccc1Cl. The van der Waals surface area contributed by atoms with Gasteiger partial charge in [0.25, 0.3) is 0 Å².